The molecule has 3 amide bonds. The van der Waals surface area contributed by atoms with Gasteiger partial charge in [-0.05, 0) is 49.2 Å². The van der Waals surface area contributed by atoms with E-state index in [0.717, 1.165) is 48.7 Å². The van der Waals surface area contributed by atoms with E-state index in [9.17, 15) is 14.4 Å². The lowest BCUT2D eigenvalue weighted by molar-refractivity contribution is -0.145. The van der Waals surface area contributed by atoms with Crippen LogP contribution in [0.5, 0.6) is 5.75 Å². The van der Waals surface area contributed by atoms with Gasteiger partial charge in [-0.25, -0.2) is 0 Å². The van der Waals surface area contributed by atoms with Gasteiger partial charge in [0.2, 0.25) is 17.7 Å². The zero-order valence-corrected chi connectivity index (χ0v) is 21.3. The van der Waals surface area contributed by atoms with Crippen LogP contribution in [0, 0.1) is 13.8 Å². The van der Waals surface area contributed by atoms with Crippen molar-refractivity contribution in [3.63, 3.8) is 0 Å². The number of amides is 3. The van der Waals surface area contributed by atoms with Gasteiger partial charge in [0.05, 0.1) is 25.8 Å². The Morgan fingerprint density at radius 1 is 1.03 bits per heavy atom. The molecule has 0 aliphatic carbocycles. The molecule has 0 bridgehead atoms. The van der Waals surface area contributed by atoms with Crippen molar-refractivity contribution in [2.24, 2.45) is 0 Å². The quantitative estimate of drug-likeness (QED) is 0.611. The number of carbonyl (C=O) groups is 3. The van der Waals surface area contributed by atoms with Gasteiger partial charge < -0.3 is 25.2 Å². The number of rotatable bonds is 7. The van der Waals surface area contributed by atoms with Crippen molar-refractivity contribution < 1.29 is 19.1 Å². The molecule has 9 heteroatoms. The summed E-state index contributed by atoms with van der Waals surface area (Å²) >= 11 is 0. The fourth-order valence-electron chi connectivity index (χ4n) is 4.74. The highest BCUT2D eigenvalue weighted by atomic mass is 16.5. The summed E-state index contributed by atoms with van der Waals surface area (Å²) in [5, 5.41) is 5.66. The molecule has 36 heavy (non-hydrogen) atoms. The largest absolute Gasteiger partial charge is 0.495 e. The third-order valence-electron chi connectivity index (χ3n) is 6.98. The normalized spacial score (nSPS) is 18.5. The first-order valence-electron chi connectivity index (χ1n) is 12.4. The summed E-state index contributed by atoms with van der Waals surface area (Å²) in [6.45, 7) is 8.00. The zero-order valence-electron chi connectivity index (χ0n) is 21.3. The van der Waals surface area contributed by atoms with E-state index >= 15 is 0 Å². The first kappa shape index (κ1) is 25.5. The van der Waals surface area contributed by atoms with Crippen molar-refractivity contribution in [1.82, 2.24) is 15.1 Å². The summed E-state index contributed by atoms with van der Waals surface area (Å²) in [5.74, 6) is 0.136. The van der Waals surface area contributed by atoms with Gasteiger partial charge in [-0.15, -0.1) is 0 Å². The number of para-hydroxylation sites is 2. The lowest BCUT2D eigenvalue weighted by Gasteiger charge is -2.39. The van der Waals surface area contributed by atoms with Gasteiger partial charge in [0.15, 0.2) is 0 Å². The number of ether oxygens (including phenoxy) is 1. The third-order valence-corrected chi connectivity index (χ3v) is 6.98. The van der Waals surface area contributed by atoms with Crippen LogP contribution >= 0.6 is 0 Å². The summed E-state index contributed by atoms with van der Waals surface area (Å²) < 4.78 is 5.48. The number of aryl methyl sites for hydroxylation is 2. The molecule has 0 spiro atoms. The average molecular weight is 494 g/mol. The molecule has 2 aliphatic rings. The van der Waals surface area contributed by atoms with Crippen LogP contribution in [0.3, 0.4) is 0 Å². The topological polar surface area (TPSA) is 94.2 Å². The standard InChI is InChI=1S/C27H35N5O4/c1-19-8-9-21(16-20(19)2)29-25(33)17-23-27(35)28-10-11-32(23)26(34)18-30-12-14-31(15-13-30)22-6-4-5-7-24(22)36-3/h4-9,16,23H,10-15,17-18H2,1-3H3,(H,28,35)(H,29,33). The summed E-state index contributed by atoms with van der Waals surface area (Å²) in [6.07, 6.45) is -0.0773. The van der Waals surface area contributed by atoms with Crippen LogP contribution in [0.2, 0.25) is 0 Å². The Morgan fingerprint density at radius 2 is 1.78 bits per heavy atom. The average Bonchev–Trinajstić information content (AvgIpc) is 2.88. The Labute approximate surface area is 212 Å². The molecule has 2 aromatic carbocycles. The molecule has 2 heterocycles. The van der Waals surface area contributed by atoms with Gasteiger partial charge >= 0.3 is 0 Å². The first-order valence-corrected chi connectivity index (χ1v) is 12.4. The lowest BCUT2D eigenvalue weighted by atomic mass is 10.1. The number of anilines is 2. The first-order chi connectivity index (χ1) is 17.4. The van der Waals surface area contributed by atoms with Crippen molar-refractivity contribution in [1.29, 1.82) is 0 Å². The van der Waals surface area contributed by atoms with Crippen LogP contribution in [-0.4, -0.2) is 86.5 Å². The predicted octanol–water partition coefficient (Wildman–Crippen LogP) is 1.79. The molecule has 9 nitrogen and oxygen atoms in total. The fourth-order valence-corrected chi connectivity index (χ4v) is 4.74. The number of hydrogen-bond acceptors (Lipinski definition) is 6. The van der Waals surface area contributed by atoms with Gasteiger partial charge in [0.25, 0.3) is 0 Å². The monoisotopic (exact) mass is 493 g/mol. The lowest BCUT2D eigenvalue weighted by Crippen LogP contribution is -2.60. The van der Waals surface area contributed by atoms with E-state index in [1.54, 1.807) is 12.0 Å². The molecule has 1 atom stereocenters. The van der Waals surface area contributed by atoms with E-state index in [1.807, 2.05) is 56.3 Å². The van der Waals surface area contributed by atoms with Crippen molar-refractivity contribution in [2.75, 3.05) is 63.1 Å². The van der Waals surface area contributed by atoms with E-state index in [4.69, 9.17) is 4.74 Å². The van der Waals surface area contributed by atoms with Crippen LogP contribution in [0.1, 0.15) is 17.5 Å². The Morgan fingerprint density at radius 3 is 2.50 bits per heavy atom. The van der Waals surface area contributed by atoms with Gasteiger partial charge in [0, 0.05) is 45.0 Å². The molecule has 0 saturated carbocycles. The second kappa shape index (κ2) is 11.4. The molecule has 2 aromatic rings. The molecule has 0 radical (unpaired) electrons. The highest BCUT2D eigenvalue weighted by Gasteiger charge is 2.35. The predicted molar refractivity (Wildman–Crippen MR) is 139 cm³/mol. The van der Waals surface area contributed by atoms with Crippen LogP contribution in [0.25, 0.3) is 0 Å². The highest BCUT2D eigenvalue weighted by Crippen LogP contribution is 2.28. The number of methoxy groups -OCH3 is 1. The molecule has 2 N–H and O–H groups in total. The molecule has 2 aliphatic heterocycles. The van der Waals surface area contributed by atoms with E-state index in [2.05, 4.69) is 20.4 Å². The maximum Gasteiger partial charge on any atom is 0.243 e. The Hall–Kier alpha value is -3.59. The minimum Gasteiger partial charge on any atom is -0.495 e. The molecular weight excluding hydrogens is 458 g/mol. The number of nitrogens with zero attached hydrogens (tertiary/aromatic N) is 3. The van der Waals surface area contributed by atoms with Gasteiger partial charge in [-0.3, -0.25) is 19.3 Å². The molecule has 1 unspecified atom stereocenters. The minimum atomic E-state index is -0.812. The Bertz CT molecular complexity index is 1110. The molecule has 0 aromatic heterocycles. The van der Waals surface area contributed by atoms with Gasteiger partial charge in [-0.1, -0.05) is 18.2 Å². The summed E-state index contributed by atoms with van der Waals surface area (Å²) in [4.78, 5) is 44.5. The Balaban J connectivity index is 1.33. The van der Waals surface area contributed by atoms with Gasteiger partial charge in [-0.2, -0.15) is 0 Å². The zero-order chi connectivity index (χ0) is 25.7. The van der Waals surface area contributed by atoms with E-state index in [1.165, 1.54) is 0 Å². The SMILES string of the molecule is COc1ccccc1N1CCN(CC(=O)N2CCNC(=O)C2CC(=O)Nc2ccc(C)c(C)c2)CC1. The second-order valence-corrected chi connectivity index (χ2v) is 9.38. The number of benzene rings is 2. The summed E-state index contributed by atoms with van der Waals surface area (Å²) in [5.41, 5.74) is 3.95. The molecule has 192 valence electrons. The van der Waals surface area contributed by atoms with Crippen molar-refractivity contribution in [2.45, 2.75) is 26.3 Å². The third kappa shape index (κ3) is 5.96. The van der Waals surface area contributed by atoms with Crippen molar-refractivity contribution in [3.8, 4) is 5.75 Å². The minimum absolute atomic E-state index is 0.0773. The summed E-state index contributed by atoms with van der Waals surface area (Å²) in [7, 11) is 1.67. The van der Waals surface area contributed by atoms with Crippen molar-refractivity contribution >= 4 is 29.1 Å². The Kier molecular flexibility index (Phi) is 8.10. The van der Waals surface area contributed by atoms with Crippen LogP contribution in [0.4, 0.5) is 11.4 Å². The molecular formula is C27H35N5O4. The summed E-state index contributed by atoms with van der Waals surface area (Å²) in [6, 6.07) is 12.8. The number of nitrogens with one attached hydrogen (secondary N) is 2. The number of piperazine rings is 2. The molecule has 2 saturated heterocycles. The maximum atomic E-state index is 13.2. The second-order valence-electron chi connectivity index (χ2n) is 9.38. The highest BCUT2D eigenvalue weighted by molar-refractivity contribution is 5.97. The number of hydrogen-bond donors (Lipinski definition) is 2. The van der Waals surface area contributed by atoms with Gasteiger partial charge in [0.1, 0.15) is 11.8 Å². The van der Waals surface area contributed by atoms with E-state index in [0.29, 0.717) is 18.8 Å². The van der Waals surface area contributed by atoms with Crippen LogP contribution in [0.15, 0.2) is 42.5 Å². The smallest absolute Gasteiger partial charge is 0.243 e. The molecule has 4 rings (SSSR count). The van der Waals surface area contributed by atoms with E-state index in [-0.39, 0.29) is 30.7 Å². The fraction of sp³-hybridized carbons (Fsp3) is 0.444. The van der Waals surface area contributed by atoms with Crippen LogP contribution in [-0.2, 0) is 14.4 Å². The molecule has 2 fully saturated rings. The maximum absolute atomic E-state index is 13.2. The van der Waals surface area contributed by atoms with Crippen LogP contribution < -0.4 is 20.3 Å². The number of carbonyl (C=O) groups excluding carboxylic acids is 3. The van der Waals surface area contributed by atoms with Crippen molar-refractivity contribution in [3.05, 3.63) is 53.6 Å². The van der Waals surface area contributed by atoms with E-state index < -0.39 is 6.04 Å².